The summed E-state index contributed by atoms with van der Waals surface area (Å²) in [6.45, 7) is 2.16. The number of hydrogen-bond donors (Lipinski definition) is 0. The van der Waals surface area contributed by atoms with E-state index in [0.717, 1.165) is 52.7 Å². The zero-order chi connectivity index (χ0) is 17.9. The quantitative estimate of drug-likeness (QED) is 0.523. The second kappa shape index (κ2) is 7.63. The summed E-state index contributed by atoms with van der Waals surface area (Å²) >= 11 is 6.57. The molecule has 0 unspecified atom stereocenters. The molecule has 0 saturated heterocycles. The molecule has 134 valence electrons. The van der Waals surface area contributed by atoms with E-state index in [9.17, 15) is 0 Å². The first kappa shape index (κ1) is 17.3. The monoisotopic (exact) mass is 365 g/mol. The Morgan fingerprint density at radius 3 is 2.81 bits per heavy atom. The van der Waals surface area contributed by atoms with E-state index in [0.29, 0.717) is 0 Å². The van der Waals surface area contributed by atoms with Gasteiger partial charge in [-0.1, -0.05) is 49.9 Å². The third-order valence-electron chi connectivity index (χ3n) is 5.04. The first-order chi connectivity index (χ1) is 12.7. The van der Waals surface area contributed by atoms with Crippen LogP contribution >= 0.6 is 11.6 Å². The highest BCUT2D eigenvalue weighted by Crippen LogP contribution is 2.35. The molecular weight excluding hydrogens is 342 g/mol. The lowest BCUT2D eigenvalue weighted by atomic mass is 10.0. The molecule has 0 radical (unpaired) electrons. The molecule has 1 fully saturated rings. The Bertz CT molecular complexity index is 896. The van der Waals surface area contributed by atoms with Crippen LogP contribution < -0.4 is 0 Å². The van der Waals surface area contributed by atoms with Crippen molar-refractivity contribution < 1.29 is 0 Å². The molecule has 3 aromatic rings. The topological polar surface area (TPSA) is 30.7 Å². The Kier molecular flexibility index (Phi) is 5.07. The number of aryl methyl sites for hydroxylation is 2. The molecular formula is C22H24ClN3. The molecule has 0 atom stereocenters. The Morgan fingerprint density at radius 2 is 2.04 bits per heavy atom. The highest BCUT2D eigenvalue weighted by molar-refractivity contribution is 6.33. The van der Waals surface area contributed by atoms with Crippen LogP contribution in [0.4, 0.5) is 0 Å². The van der Waals surface area contributed by atoms with Crippen LogP contribution in [0.1, 0.15) is 43.9 Å². The van der Waals surface area contributed by atoms with Crippen LogP contribution in [-0.4, -0.2) is 14.8 Å². The summed E-state index contributed by atoms with van der Waals surface area (Å²) in [5, 5.41) is 5.33. The number of aromatic nitrogens is 3. The van der Waals surface area contributed by atoms with E-state index in [2.05, 4.69) is 41.3 Å². The summed E-state index contributed by atoms with van der Waals surface area (Å²) in [4.78, 5) is 4.42. The van der Waals surface area contributed by atoms with Gasteiger partial charge in [-0.15, -0.1) is 0 Å². The van der Waals surface area contributed by atoms with Gasteiger partial charge in [-0.25, -0.2) is 4.68 Å². The standard InChI is InChI=1S/C22H24ClN3/c1-2-3-19-13-20(10-11-24-19)26-15-18(14-25-26)21-9-8-17(12-22(21)23)7-6-16-4-5-16/h8-16H,2-7H2,1H3. The highest BCUT2D eigenvalue weighted by atomic mass is 35.5. The molecule has 2 aromatic heterocycles. The van der Waals surface area contributed by atoms with Gasteiger partial charge in [0.25, 0.3) is 0 Å². The summed E-state index contributed by atoms with van der Waals surface area (Å²) in [6, 6.07) is 10.5. The average molecular weight is 366 g/mol. The summed E-state index contributed by atoms with van der Waals surface area (Å²) in [7, 11) is 0. The van der Waals surface area contributed by atoms with E-state index < -0.39 is 0 Å². The summed E-state index contributed by atoms with van der Waals surface area (Å²) < 4.78 is 1.90. The van der Waals surface area contributed by atoms with Crippen LogP contribution in [0.5, 0.6) is 0 Å². The zero-order valence-electron chi connectivity index (χ0n) is 15.2. The minimum atomic E-state index is 0.805. The van der Waals surface area contributed by atoms with E-state index in [1.165, 1.54) is 24.8 Å². The number of halogens is 1. The van der Waals surface area contributed by atoms with Gasteiger partial charge in [-0.05, 0) is 48.9 Å². The van der Waals surface area contributed by atoms with Gasteiger partial charge in [0.1, 0.15) is 0 Å². The van der Waals surface area contributed by atoms with E-state index in [4.69, 9.17) is 11.6 Å². The first-order valence-electron chi connectivity index (χ1n) is 9.51. The maximum atomic E-state index is 6.57. The summed E-state index contributed by atoms with van der Waals surface area (Å²) in [5.41, 5.74) is 5.54. The van der Waals surface area contributed by atoms with Crippen molar-refractivity contribution in [2.75, 3.05) is 0 Å². The maximum Gasteiger partial charge on any atom is 0.0679 e. The zero-order valence-corrected chi connectivity index (χ0v) is 15.9. The maximum absolute atomic E-state index is 6.57. The van der Waals surface area contributed by atoms with Crippen LogP contribution in [0.3, 0.4) is 0 Å². The van der Waals surface area contributed by atoms with Crippen molar-refractivity contribution in [2.45, 2.75) is 45.4 Å². The Hall–Kier alpha value is -2.13. The fraction of sp³-hybridized carbons (Fsp3) is 0.364. The van der Waals surface area contributed by atoms with Gasteiger partial charge in [-0.3, -0.25) is 4.98 Å². The van der Waals surface area contributed by atoms with Crippen molar-refractivity contribution in [1.29, 1.82) is 0 Å². The second-order valence-electron chi connectivity index (χ2n) is 7.23. The molecule has 1 aliphatic carbocycles. The van der Waals surface area contributed by atoms with Crippen molar-refractivity contribution in [2.24, 2.45) is 5.92 Å². The minimum absolute atomic E-state index is 0.805. The second-order valence-corrected chi connectivity index (χ2v) is 7.63. The number of benzene rings is 1. The molecule has 4 heteroatoms. The molecule has 0 aliphatic heterocycles. The molecule has 1 aliphatic rings. The van der Waals surface area contributed by atoms with Gasteiger partial charge in [-0.2, -0.15) is 5.10 Å². The predicted molar refractivity (Wildman–Crippen MR) is 107 cm³/mol. The highest BCUT2D eigenvalue weighted by Gasteiger charge is 2.20. The molecule has 1 saturated carbocycles. The van der Waals surface area contributed by atoms with E-state index >= 15 is 0 Å². The lowest BCUT2D eigenvalue weighted by Crippen LogP contribution is -1.97. The molecule has 0 spiro atoms. The van der Waals surface area contributed by atoms with Gasteiger partial charge in [0.15, 0.2) is 0 Å². The smallest absolute Gasteiger partial charge is 0.0679 e. The van der Waals surface area contributed by atoms with E-state index in [1.807, 2.05) is 29.3 Å². The van der Waals surface area contributed by atoms with Crippen molar-refractivity contribution in [3.63, 3.8) is 0 Å². The van der Waals surface area contributed by atoms with Gasteiger partial charge in [0.2, 0.25) is 0 Å². The largest absolute Gasteiger partial charge is 0.261 e. The van der Waals surface area contributed by atoms with Crippen molar-refractivity contribution >= 4 is 11.6 Å². The van der Waals surface area contributed by atoms with Crippen molar-refractivity contribution in [3.05, 3.63) is 65.2 Å². The number of rotatable bonds is 7. The lowest BCUT2D eigenvalue weighted by Gasteiger charge is -2.06. The van der Waals surface area contributed by atoms with Gasteiger partial charge >= 0.3 is 0 Å². The molecule has 26 heavy (non-hydrogen) atoms. The third-order valence-corrected chi connectivity index (χ3v) is 5.35. The summed E-state index contributed by atoms with van der Waals surface area (Å²) in [6.07, 6.45) is 13.1. The fourth-order valence-corrected chi connectivity index (χ4v) is 3.64. The molecule has 2 heterocycles. The first-order valence-corrected chi connectivity index (χ1v) is 9.89. The molecule has 4 rings (SSSR count). The van der Waals surface area contributed by atoms with Gasteiger partial charge in [0.05, 0.1) is 11.9 Å². The van der Waals surface area contributed by atoms with Crippen molar-refractivity contribution in [1.82, 2.24) is 14.8 Å². The Balaban J connectivity index is 1.54. The molecule has 0 amide bonds. The van der Waals surface area contributed by atoms with Crippen LogP contribution in [0.25, 0.3) is 16.8 Å². The van der Waals surface area contributed by atoms with Gasteiger partial charge in [0, 0.05) is 34.2 Å². The van der Waals surface area contributed by atoms with E-state index in [-0.39, 0.29) is 0 Å². The van der Waals surface area contributed by atoms with Crippen LogP contribution in [0, 0.1) is 5.92 Å². The minimum Gasteiger partial charge on any atom is -0.261 e. The average Bonchev–Trinajstić information content (AvgIpc) is 3.35. The fourth-order valence-electron chi connectivity index (χ4n) is 3.33. The lowest BCUT2D eigenvalue weighted by molar-refractivity contribution is 0.727. The Labute approximate surface area is 160 Å². The van der Waals surface area contributed by atoms with Crippen LogP contribution in [0.15, 0.2) is 48.9 Å². The molecule has 1 aromatic carbocycles. The third kappa shape index (κ3) is 3.99. The normalized spacial score (nSPS) is 13.9. The molecule has 0 N–H and O–H groups in total. The predicted octanol–water partition coefficient (Wildman–Crippen LogP) is 5.88. The summed E-state index contributed by atoms with van der Waals surface area (Å²) in [5.74, 6) is 0.949. The molecule has 3 nitrogen and oxygen atoms in total. The SMILES string of the molecule is CCCc1cc(-n2cc(-c3ccc(CCC4CC4)cc3Cl)cn2)ccn1. The van der Waals surface area contributed by atoms with Gasteiger partial charge < -0.3 is 0 Å². The van der Waals surface area contributed by atoms with Crippen LogP contribution in [0.2, 0.25) is 5.02 Å². The van der Waals surface area contributed by atoms with E-state index in [1.54, 1.807) is 0 Å². The number of hydrogen-bond acceptors (Lipinski definition) is 2. The number of nitrogens with zero attached hydrogens (tertiary/aromatic N) is 3. The van der Waals surface area contributed by atoms with Crippen LogP contribution in [-0.2, 0) is 12.8 Å². The molecule has 0 bridgehead atoms. The Morgan fingerprint density at radius 1 is 1.15 bits per heavy atom. The number of pyridine rings is 1. The van der Waals surface area contributed by atoms with Crippen molar-refractivity contribution in [3.8, 4) is 16.8 Å².